The van der Waals surface area contributed by atoms with E-state index < -0.39 is 0 Å². The first-order valence-electron chi connectivity index (χ1n) is 4.49. The molecule has 1 heterocycles. The minimum Gasteiger partial charge on any atom is -0.361 e. The number of hydrogen-bond acceptors (Lipinski definition) is 0. The number of benzene rings is 1. The summed E-state index contributed by atoms with van der Waals surface area (Å²) >= 11 is 0. The molecule has 1 aromatic heterocycles. The third-order valence-electron chi connectivity index (χ3n) is 2.35. The molecule has 0 aliphatic rings. The smallest absolute Gasteiger partial charge is 0.0459 e. The fourth-order valence-electron chi connectivity index (χ4n) is 1.73. The first kappa shape index (κ1) is 8.11. The normalized spacial score (nSPS) is 10.3. The quantitative estimate of drug-likeness (QED) is 0.677. The maximum absolute atomic E-state index is 3.24. The molecule has 0 fully saturated rings. The molecular weight excluding hydrogens is 158 g/mol. The van der Waals surface area contributed by atoms with Gasteiger partial charge >= 0.3 is 0 Å². The summed E-state index contributed by atoms with van der Waals surface area (Å²) < 4.78 is 0. The second-order valence-corrected chi connectivity index (χ2v) is 3.35. The van der Waals surface area contributed by atoms with Gasteiger partial charge in [0.25, 0.3) is 0 Å². The summed E-state index contributed by atoms with van der Waals surface area (Å²) in [4.78, 5) is 3.24. The number of H-pyrrole nitrogens is 1. The van der Waals surface area contributed by atoms with Gasteiger partial charge in [-0.3, -0.25) is 0 Å². The van der Waals surface area contributed by atoms with Crippen molar-refractivity contribution in [2.75, 3.05) is 0 Å². The van der Waals surface area contributed by atoms with Crippen LogP contribution in [0.4, 0.5) is 0 Å². The Morgan fingerprint density at radius 3 is 2.15 bits per heavy atom. The molecule has 66 valence electrons. The van der Waals surface area contributed by atoms with Crippen LogP contribution >= 0.6 is 0 Å². The standard InChI is InChI=1S/C12H13N/c1-9-5-3-6-10(2)12(9)11-7-4-8-13-11/h3-8,13H,1-2H3. The van der Waals surface area contributed by atoms with Gasteiger partial charge in [0, 0.05) is 17.5 Å². The fourth-order valence-corrected chi connectivity index (χ4v) is 1.73. The summed E-state index contributed by atoms with van der Waals surface area (Å²) in [7, 11) is 0. The molecule has 0 unspecified atom stereocenters. The molecule has 0 spiro atoms. The topological polar surface area (TPSA) is 15.8 Å². The molecule has 1 heteroatoms. The Bertz CT molecular complexity index is 379. The highest BCUT2D eigenvalue weighted by Crippen LogP contribution is 2.24. The van der Waals surface area contributed by atoms with Gasteiger partial charge in [-0.15, -0.1) is 0 Å². The van der Waals surface area contributed by atoms with Crippen LogP contribution in [0.15, 0.2) is 36.5 Å². The van der Waals surface area contributed by atoms with Crippen LogP contribution in [-0.4, -0.2) is 4.98 Å². The number of aryl methyl sites for hydroxylation is 2. The molecule has 1 nitrogen and oxygen atoms in total. The van der Waals surface area contributed by atoms with E-state index >= 15 is 0 Å². The molecule has 13 heavy (non-hydrogen) atoms. The molecule has 0 saturated carbocycles. The van der Waals surface area contributed by atoms with Crippen molar-refractivity contribution in [2.45, 2.75) is 13.8 Å². The van der Waals surface area contributed by atoms with Gasteiger partial charge < -0.3 is 4.98 Å². The molecule has 0 aliphatic carbocycles. The molecule has 0 atom stereocenters. The van der Waals surface area contributed by atoms with Crippen molar-refractivity contribution < 1.29 is 0 Å². The Hall–Kier alpha value is -1.50. The predicted octanol–water partition coefficient (Wildman–Crippen LogP) is 3.30. The highest BCUT2D eigenvalue weighted by molar-refractivity contribution is 5.67. The Morgan fingerprint density at radius 2 is 1.62 bits per heavy atom. The summed E-state index contributed by atoms with van der Waals surface area (Å²) in [5.74, 6) is 0. The molecule has 1 aromatic carbocycles. The van der Waals surface area contributed by atoms with Crippen molar-refractivity contribution in [2.24, 2.45) is 0 Å². The molecule has 2 aromatic rings. The SMILES string of the molecule is Cc1cccc(C)c1-c1ccc[nH]1. The molecular formula is C12H13N. The predicted molar refractivity (Wildman–Crippen MR) is 55.7 cm³/mol. The molecule has 0 amide bonds. The van der Waals surface area contributed by atoms with Crippen molar-refractivity contribution in [3.63, 3.8) is 0 Å². The largest absolute Gasteiger partial charge is 0.361 e. The van der Waals surface area contributed by atoms with Gasteiger partial charge in [-0.2, -0.15) is 0 Å². The van der Waals surface area contributed by atoms with Crippen LogP contribution in [0.3, 0.4) is 0 Å². The van der Waals surface area contributed by atoms with Gasteiger partial charge in [-0.25, -0.2) is 0 Å². The number of hydrogen-bond donors (Lipinski definition) is 1. The van der Waals surface area contributed by atoms with Crippen LogP contribution in [-0.2, 0) is 0 Å². The monoisotopic (exact) mass is 171 g/mol. The van der Waals surface area contributed by atoms with Crippen LogP contribution in [0.2, 0.25) is 0 Å². The van der Waals surface area contributed by atoms with Crippen LogP contribution in [0.1, 0.15) is 11.1 Å². The maximum atomic E-state index is 3.24. The molecule has 0 radical (unpaired) electrons. The van der Waals surface area contributed by atoms with E-state index in [0.717, 1.165) is 0 Å². The molecule has 1 N–H and O–H groups in total. The van der Waals surface area contributed by atoms with E-state index in [4.69, 9.17) is 0 Å². The highest BCUT2D eigenvalue weighted by Gasteiger charge is 2.04. The number of rotatable bonds is 1. The van der Waals surface area contributed by atoms with Gasteiger partial charge in [-0.05, 0) is 37.1 Å². The van der Waals surface area contributed by atoms with E-state index in [9.17, 15) is 0 Å². The first-order chi connectivity index (χ1) is 6.29. The minimum absolute atomic E-state index is 1.20. The number of aromatic nitrogens is 1. The van der Waals surface area contributed by atoms with Crippen molar-refractivity contribution in [1.82, 2.24) is 4.98 Å². The van der Waals surface area contributed by atoms with Crippen LogP contribution in [0.25, 0.3) is 11.3 Å². The summed E-state index contributed by atoms with van der Waals surface area (Å²) in [5, 5.41) is 0. The number of nitrogens with one attached hydrogen (secondary N) is 1. The van der Waals surface area contributed by atoms with E-state index in [1.807, 2.05) is 12.3 Å². The minimum atomic E-state index is 1.20. The van der Waals surface area contributed by atoms with E-state index in [1.165, 1.54) is 22.4 Å². The van der Waals surface area contributed by atoms with E-state index in [1.54, 1.807) is 0 Å². The fraction of sp³-hybridized carbons (Fsp3) is 0.167. The van der Waals surface area contributed by atoms with Crippen molar-refractivity contribution >= 4 is 0 Å². The van der Waals surface area contributed by atoms with Gasteiger partial charge in [0.15, 0.2) is 0 Å². The van der Waals surface area contributed by atoms with Gasteiger partial charge in [0.1, 0.15) is 0 Å². The van der Waals surface area contributed by atoms with E-state index in [0.29, 0.717) is 0 Å². The Morgan fingerprint density at radius 1 is 0.923 bits per heavy atom. The van der Waals surface area contributed by atoms with Crippen LogP contribution in [0, 0.1) is 13.8 Å². The zero-order chi connectivity index (χ0) is 9.26. The second-order valence-electron chi connectivity index (χ2n) is 3.35. The summed E-state index contributed by atoms with van der Waals surface area (Å²) in [6, 6.07) is 10.5. The van der Waals surface area contributed by atoms with Crippen molar-refractivity contribution in [1.29, 1.82) is 0 Å². The van der Waals surface area contributed by atoms with E-state index in [-0.39, 0.29) is 0 Å². The van der Waals surface area contributed by atoms with Crippen molar-refractivity contribution in [3.8, 4) is 11.3 Å². The first-order valence-corrected chi connectivity index (χ1v) is 4.49. The summed E-state index contributed by atoms with van der Waals surface area (Å²) in [6.45, 7) is 4.28. The average Bonchev–Trinajstić information content (AvgIpc) is 2.57. The summed E-state index contributed by atoms with van der Waals surface area (Å²) in [6.07, 6.45) is 1.96. The van der Waals surface area contributed by atoms with E-state index in [2.05, 4.69) is 43.1 Å². The molecule has 0 bridgehead atoms. The van der Waals surface area contributed by atoms with Crippen LogP contribution in [0.5, 0.6) is 0 Å². The third-order valence-corrected chi connectivity index (χ3v) is 2.35. The zero-order valence-electron chi connectivity index (χ0n) is 7.96. The lowest BCUT2D eigenvalue weighted by Crippen LogP contribution is -1.86. The zero-order valence-corrected chi connectivity index (χ0v) is 7.96. The lowest BCUT2D eigenvalue weighted by atomic mass is 10.0. The summed E-state index contributed by atoms with van der Waals surface area (Å²) in [5.41, 5.74) is 5.17. The lowest BCUT2D eigenvalue weighted by Gasteiger charge is -2.06. The maximum Gasteiger partial charge on any atom is 0.0459 e. The Kier molecular flexibility index (Phi) is 1.93. The third kappa shape index (κ3) is 1.37. The lowest BCUT2D eigenvalue weighted by molar-refractivity contribution is 1.32. The molecule has 0 aliphatic heterocycles. The molecule has 2 rings (SSSR count). The Labute approximate surface area is 78.4 Å². The van der Waals surface area contributed by atoms with Gasteiger partial charge in [-0.1, -0.05) is 18.2 Å². The van der Waals surface area contributed by atoms with Gasteiger partial charge in [0.05, 0.1) is 0 Å². The highest BCUT2D eigenvalue weighted by atomic mass is 14.7. The van der Waals surface area contributed by atoms with Crippen molar-refractivity contribution in [3.05, 3.63) is 47.7 Å². The van der Waals surface area contributed by atoms with Crippen LogP contribution < -0.4 is 0 Å². The number of aromatic amines is 1. The van der Waals surface area contributed by atoms with Gasteiger partial charge in [0.2, 0.25) is 0 Å². The molecule has 0 saturated heterocycles. The second kappa shape index (κ2) is 3.09. The average molecular weight is 171 g/mol. The Balaban J connectivity index is 2.64.